The lowest BCUT2D eigenvalue weighted by Gasteiger charge is -2.31. The number of aromatic nitrogens is 3. The molecule has 3 rings (SSSR count). The number of amides is 2. The summed E-state index contributed by atoms with van der Waals surface area (Å²) < 4.78 is 41.4. The molecule has 0 unspecified atom stereocenters. The lowest BCUT2D eigenvalue weighted by molar-refractivity contribution is -0.396. The fourth-order valence-corrected chi connectivity index (χ4v) is 2.72. The van der Waals surface area contributed by atoms with E-state index in [-0.39, 0.29) is 11.4 Å². The molecule has 0 saturated carbocycles. The van der Waals surface area contributed by atoms with Gasteiger partial charge in [-0.2, -0.15) is 13.2 Å². The fourth-order valence-electron chi connectivity index (χ4n) is 2.72. The van der Waals surface area contributed by atoms with E-state index in [1.807, 2.05) is 0 Å². The zero-order valence-corrected chi connectivity index (χ0v) is 13.4. The predicted molar refractivity (Wildman–Crippen MR) is 83.7 cm³/mol. The number of halogens is 3. The molecule has 2 amide bonds. The number of benzene rings is 1. The number of fused-ring (bicyclic) bond motifs is 1. The summed E-state index contributed by atoms with van der Waals surface area (Å²) in [6, 6.07) is 3.07. The van der Waals surface area contributed by atoms with Crippen LogP contribution in [0, 0.1) is 10.1 Å². The van der Waals surface area contributed by atoms with Crippen LogP contribution in [0.25, 0.3) is 0 Å². The summed E-state index contributed by atoms with van der Waals surface area (Å²) >= 11 is 0. The predicted octanol–water partition coefficient (Wildman–Crippen LogP) is 1.49. The maximum absolute atomic E-state index is 13.6. The number of carbonyl (C=O) groups excluding carboxylic acids is 2. The lowest BCUT2D eigenvalue weighted by Crippen LogP contribution is -2.50. The summed E-state index contributed by atoms with van der Waals surface area (Å²) in [5.74, 6) is -2.80. The maximum atomic E-state index is 13.6. The van der Waals surface area contributed by atoms with E-state index < -0.39 is 47.9 Å². The van der Waals surface area contributed by atoms with Crippen molar-refractivity contribution in [3.63, 3.8) is 0 Å². The Morgan fingerprint density at radius 1 is 1.37 bits per heavy atom. The normalized spacial score (nSPS) is 17.1. The number of rotatable bonds is 3. The highest BCUT2D eigenvalue weighted by Gasteiger charge is 2.49. The molecule has 2 heterocycles. The summed E-state index contributed by atoms with van der Waals surface area (Å²) in [5.41, 5.74) is -0.132. The van der Waals surface area contributed by atoms with E-state index in [0.29, 0.717) is 4.90 Å². The molecule has 1 aromatic heterocycles. The molecule has 27 heavy (non-hydrogen) atoms. The van der Waals surface area contributed by atoms with Crippen LogP contribution in [0.3, 0.4) is 0 Å². The third-order valence-corrected chi connectivity index (χ3v) is 3.84. The first-order valence-corrected chi connectivity index (χ1v) is 7.48. The molecule has 0 fully saturated rings. The first-order valence-electron chi connectivity index (χ1n) is 7.48. The van der Waals surface area contributed by atoms with Crippen LogP contribution in [0.1, 0.15) is 6.42 Å². The van der Waals surface area contributed by atoms with E-state index in [1.165, 1.54) is 24.3 Å². The van der Waals surface area contributed by atoms with Crippen molar-refractivity contribution in [1.29, 1.82) is 0 Å². The van der Waals surface area contributed by atoms with Crippen LogP contribution >= 0.6 is 0 Å². The van der Waals surface area contributed by atoms with Crippen LogP contribution in [-0.4, -0.2) is 43.7 Å². The number of nitro groups is 1. The molecule has 13 heteroatoms. The van der Waals surface area contributed by atoms with Gasteiger partial charge in [-0.25, -0.2) is 4.57 Å². The molecule has 0 bridgehead atoms. The van der Waals surface area contributed by atoms with E-state index in [9.17, 15) is 32.9 Å². The highest BCUT2D eigenvalue weighted by molar-refractivity contribution is 6.04. The number of alkyl halides is 3. The van der Waals surface area contributed by atoms with Crippen LogP contribution in [0.4, 0.5) is 30.5 Å². The van der Waals surface area contributed by atoms with Crippen molar-refractivity contribution in [2.24, 2.45) is 0 Å². The SMILES string of the molecule is O=C1C[C@H](C(F)(F)F)N(C(=O)Cn2cnnc2[N+](=O)[O-])c2ccccc2N1. The zero-order valence-electron chi connectivity index (χ0n) is 13.4. The maximum Gasteiger partial charge on any atom is 0.458 e. The number of para-hydroxylation sites is 2. The molecule has 1 aliphatic rings. The van der Waals surface area contributed by atoms with E-state index in [4.69, 9.17) is 0 Å². The monoisotopic (exact) mass is 384 g/mol. The molecule has 10 nitrogen and oxygen atoms in total. The molecule has 1 atom stereocenters. The number of anilines is 2. The summed E-state index contributed by atoms with van der Waals surface area (Å²) in [6.07, 6.45) is -5.04. The van der Waals surface area contributed by atoms with Crippen molar-refractivity contribution in [2.45, 2.75) is 25.2 Å². The van der Waals surface area contributed by atoms with Crippen LogP contribution in [0.2, 0.25) is 0 Å². The van der Waals surface area contributed by atoms with Crippen molar-refractivity contribution >= 4 is 29.1 Å². The van der Waals surface area contributed by atoms with Gasteiger partial charge < -0.3 is 15.4 Å². The average Bonchev–Trinajstić information content (AvgIpc) is 2.96. The van der Waals surface area contributed by atoms with Gasteiger partial charge in [-0.1, -0.05) is 12.1 Å². The molecule has 2 aromatic rings. The largest absolute Gasteiger partial charge is 0.458 e. The lowest BCUT2D eigenvalue weighted by atomic mass is 10.1. The van der Waals surface area contributed by atoms with Gasteiger partial charge in [-0.05, 0) is 22.2 Å². The smallest absolute Gasteiger partial charge is 0.390 e. The van der Waals surface area contributed by atoms with E-state index in [2.05, 4.69) is 15.5 Å². The summed E-state index contributed by atoms with van der Waals surface area (Å²) in [5, 5.41) is 19.7. The number of nitrogens with zero attached hydrogens (tertiary/aromatic N) is 5. The van der Waals surface area contributed by atoms with E-state index in [0.717, 1.165) is 10.9 Å². The summed E-state index contributed by atoms with van der Waals surface area (Å²) in [7, 11) is 0. The number of hydrogen-bond acceptors (Lipinski definition) is 6. The Morgan fingerprint density at radius 2 is 2.07 bits per heavy atom. The van der Waals surface area contributed by atoms with Gasteiger partial charge in [0.2, 0.25) is 5.91 Å². The van der Waals surface area contributed by atoms with Gasteiger partial charge in [0, 0.05) is 0 Å². The van der Waals surface area contributed by atoms with Gasteiger partial charge in [0.1, 0.15) is 6.04 Å². The third-order valence-electron chi connectivity index (χ3n) is 3.84. The Balaban J connectivity index is 2.05. The zero-order chi connectivity index (χ0) is 19.8. The van der Waals surface area contributed by atoms with Crippen molar-refractivity contribution in [3.8, 4) is 0 Å². The van der Waals surface area contributed by atoms with Gasteiger partial charge in [0.15, 0.2) is 12.9 Å². The molecule has 0 spiro atoms. The van der Waals surface area contributed by atoms with Gasteiger partial charge in [0.05, 0.1) is 22.9 Å². The Bertz CT molecular complexity index is 912. The Kier molecular flexibility index (Phi) is 4.51. The van der Waals surface area contributed by atoms with Crippen molar-refractivity contribution in [2.75, 3.05) is 10.2 Å². The fraction of sp³-hybridized carbons (Fsp3) is 0.286. The van der Waals surface area contributed by atoms with Gasteiger partial charge in [-0.15, -0.1) is 0 Å². The van der Waals surface area contributed by atoms with Crippen molar-refractivity contribution in [3.05, 3.63) is 40.7 Å². The van der Waals surface area contributed by atoms with Crippen molar-refractivity contribution < 1.29 is 27.7 Å². The Hall–Kier alpha value is -3.51. The molecule has 1 N–H and O–H groups in total. The molecule has 0 radical (unpaired) electrons. The van der Waals surface area contributed by atoms with E-state index in [1.54, 1.807) is 0 Å². The third kappa shape index (κ3) is 3.56. The highest BCUT2D eigenvalue weighted by Crippen LogP contribution is 2.37. The van der Waals surface area contributed by atoms with Crippen LogP contribution in [0.15, 0.2) is 30.6 Å². The van der Waals surface area contributed by atoms with Gasteiger partial charge in [0.25, 0.3) is 5.91 Å². The number of nitrogens with one attached hydrogen (secondary N) is 1. The molecule has 0 aliphatic carbocycles. The molecule has 0 saturated heterocycles. The second-order valence-electron chi connectivity index (χ2n) is 5.61. The first-order chi connectivity index (χ1) is 12.7. The van der Waals surface area contributed by atoms with Crippen molar-refractivity contribution in [1.82, 2.24) is 14.8 Å². The minimum atomic E-state index is -4.90. The minimum absolute atomic E-state index is 0.0286. The summed E-state index contributed by atoms with van der Waals surface area (Å²) in [6.45, 7) is -0.807. The second kappa shape index (κ2) is 6.66. The first kappa shape index (κ1) is 18.3. The van der Waals surface area contributed by atoms with E-state index >= 15 is 0 Å². The Labute approximate surface area is 148 Å². The molecule has 142 valence electrons. The van der Waals surface area contributed by atoms with Gasteiger partial charge in [-0.3, -0.25) is 14.5 Å². The average molecular weight is 384 g/mol. The molecule has 1 aromatic carbocycles. The highest BCUT2D eigenvalue weighted by atomic mass is 19.4. The molecular weight excluding hydrogens is 373 g/mol. The standard InChI is InChI=1S/C14H11F3N6O4/c15-14(16,17)10-5-11(24)19-8-3-1-2-4-9(8)22(10)12(25)6-21-7-18-20-13(21)23(26)27/h1-4,7,10H,5-6H2,(H,19,24)/t10-/m1/s1. The number of hydrogen-bond donors (Lipinski definition) is 1. The van der Waals surface area contributed by atoms with Crippen LogP contribution in [-0.2, 0) is 16.1 Å². The van der Waals surface area contributed by atoms with Gasteiger partial charge >= 0.3 is 12.1 Å². The molecular formula is C14H11F3N6O4. The minimum Gasteiger partial charge on any atom is -0.390 e. The topological polar surface area (TPSA) is 123 Å². The second-order valence-corrected chi connectivity index (χ2v) is 5.61. The molecule has 1 aliphatic heterocycles. The quantitative estimate of drug-likeness (QED) is 0.632. The summed E-state index contributed by atoms with van der Waals surface area (Å²) in [4.78, 5) is 35.0. The van der Waals surface area contributed by atoms with Crippen LogP contribution in [0.5, 0.6) is 0 Å². The Morgan fingerprint density at radius 3 is 2.74 bits per heavy atom. The van der Waals surface area contributed by atoms with Crippen LogP contribution < -0.4 is 10.2 Å². The number of carbonyl (C=O) groups is 2.